The molecule has 0 aliphatic carbocycles. The van der Waals surface area contributed by atoms with Crippen molar-refractivity contribution in [3.05, 3.63) is 99.5 Å². The van der Waals surface area contributed by atoms with Crippen LogP contribution in [0.2, 0.25) is 10.0 Å². The fourth-order valence-corrected chi connectivity index (χ4v) is 2.61. The molecule has 3 rings (SSSR count). The minimum atomic E-state index is -0.330. The average Bonchev–Trinajstić information content (AvgIpc) is 2.68. The quantitative estimate of drug-likeness (QED) is 0.450. The third-order valence-corrected chi connectivity index (χ3v) is 4.13. The number of hydrazone groups is 1. The highest BCUT2D eigenvalue weighted by molar-refractivity contribution is 6.31. The molecule has 3 aromatic rings. The molecule has 0 aliphatic heterocycles. The van der Waals surface area contributed by atoms with Crippen LogP contribution in [0, 0.1) is 0 Å². The summed E-state index contributed by atoms with van der Waals surface area (Å²) in [5.74, 6) is 0.374. The highest BCUT2D eigenvalue weighted by Gasteiger charge is 2.04. The standard InChI is InChI=1S/C21H16Cl2N2O2/c22-18-9-7-15(8-10-18)14-27-20-6-1-3-16(11-20)13-24-25-21(26)17-4-2-5-19(23)12-17/h1-13H,14H2,(H,25,26)/b24-13-. The van der Waals surface area contributed by atoms with E-state index >= 15 is 0 Å². The van der Waals surface area contributed by atoms with Gasteiger partial charge >= 0.3 is 0 Å². The van der Waals surface area contributed by atoms with E-state index in [1.54, 1.807) is 30.5 Å². The molecule has 0 heterocycles. The number of halogens is 2. The number of nitrogens with one attached hydrogen (secondary N) is 1. The normalized spacial score (nSPS) is 10.7. The summed E-state index contributed by atoms with van der Waals surface area (Å²) >= 11 is 11.8. The van der Waals surface area contributed by atoms with E-state index in [1.165, 1.54) is 0 Å². The first kappa shape index (κ1) is 19.0. The van der Waals surface area contributed by atoms with Crippen LogP contribution in [0.5, 0.6) is 5.75 Å². The number of benzene rings is 3. The number of nitrogens with zero attached hydrogens (tertiary/aromatic N) is 1. The van der Waals surface area contributed by atoms with E-state index in [0.717, 1.165) is 11.1 Å². The lowest BCUT2D eigenvalue weighted by Crippen LogP contribution is -2.17. The van der Waals surface area contributed by atoms with Crippen molar-refractivity contribution in [1.29, 1.82) is 0 Å². The van der Waals surface area contributed by atoms with Gasteiger partial charge in [-0.3, -0.25) is 4.79 Å². The SMILES string of the molecule is O=C(N/N=C\c1cccc(OCc2ccc(Cl)cc2)c1)c1cccc(Cl)c1. The Morgan fingerprint density at radius 3 is 2.52 bits per heavy atom. The molecule has 0 unspecified atom stereocenters. The second-order valence-electron chi connectivity index (χ2n) is 5.70. The number of rotatable bonds is 6. The number of ether oxygens (including phenoxy) is 1. The van der Waals surface area contributed by atoms with Crippen LogP contribution in [0.1, 0.15) is 21.5 Å². The number of amides is 1. The van der Waals surface area contributed by atoms with E-state index < -0.39 is 0 Å². The Balaban J connectivity index is 1.57. The van der Waals surface area contributed by atoms with Crippen LogP contribution < -0.4 is 10.2 Å². The van der Waals surface area contributed by atoms with Crippen molar-refractivity contribution in [2.45, 2.75) is 6.61 Å². The molecule has 0 bridgehead atoms. The summed E-state index contributed by atoms with van der Waals surface area (Å²) in [5, 5.41) is 5.17. The van der Waals surface area contributed by atoms with Crippen LogP contribution in [0.3, 0.4) is 0 Å². The van der Waals surface area contributed by atoms with Gasteiger partial charge in [0.1, 0.15) is 12.4 Å². The summed E-state index contributed by atoms with van der Waals surface area (Å²) < 4.78 is 5.78. The predicted octanol–water partition coefficient (Wildman–Crippen LogP) is 5.34. The highest BCUT2D eigenvalue weighted by Crippen LogP contribution is 2.16. The molecule has 4 nitrogen and oxygen atoms in total. The molecule has 0 spiro atoms. The van der Waals surface area contributed by atoms with Crippen LogP contribution in [0.4, 0.5) is 0 Å². The van der Waals surface area contributed by atoms with Gasteiger partial charge in [-0.2, -0.15) is 5.10 Å². The van der Waals surface area contributed by atoms with Crippen molar-refractivity contribution in [1.82, 2.24) is 5.43 Å². The zero-order valence-electron chi connectivity index (χ0n) is 14.2. The molecular weight excluding hydrogens is 383 g/mol. The van der Waals surface area contributed by atoms with Gasteiger partial charge in [0, 0.05) is 15.6 Å². The Morgan fingerprint density at radius 2 is 1.74 bits per heavy atom. The average molecular weight is 399 g/mol. The number of carbonyl (C=O) groups excluding carboxylic acids is 1. The molecule has 1 amide bonds. The van der Waals surface area contributed by atoms with E-state index in [2.05, 4.69) is 10.5 Å². The van der Waals surface area contributed by atoms with Crippen molar-refractivity contribution < 1.29 is 9.53 Å². The maximum atomic E-state index is 12.0. The Bertz CT molecular complexity index is 956. The van der Waals surface area contributed by atoms with Gasteiger partial charge in [0.2, 0.25) is 0 Å². The van der Waals surface area contributed by atoms with Gasteiger partial charge in [-0.25, -0.2) is 5.43 Å². The third-order valence-electron chi connectivity index (χ3n) is 3.64. The minimum absolute atomic E-state index is 0.330. The van der Waals surface area contributed by atoms with Crippen molar-refractivity contribution in [3.63, 3.8) is 0 Å². The van der Waals surface area contributed by atoms with Gasteiger partial charge in [-0.05, 0) is 53.6 Å². The summed E-state index contributed by atoms with van der Waals surface area (Å²) in [6, 6.07) is 21.6. The first-order valence-corrected chi connectivity index (χ1v) is 8.92. The summed E-state index contributed by atoms with van der Waals surface area (Å²) in [6.45, 7) is 0.434. The fourth-order valence-electron chi connectivity index (χ4n) is 2.29. The Hall–Kier alpha value is -2.82. The van der Waals surface area contributed by atoms with Crippen LogP contribution in [0.25, 0.3) is 0 Å². The monoisotopic (exact) mass is 398 g/mol. The van der Waals surface area contributed by atoms with Gasteiger partial charge in [-0.15, -0.1) is 0 Å². The van der Waals surface area contributed by atoms with Gasteiger partial charge in [-0.1, -0.05) is 53.5 Å². The number of hydrogen-bond acceptors (Lipinski definition) is 3. The molecule has 0 atom stereocenters. The summed E-state index contributed by atoms with van der Waals surface area (Å²) in [4.78, 5) is 12.0. The molecule has 0 radical (unpaired) electrons. The van der Waals surface area contributed by atoms with E-state index in [1.807, 2.05) is 48.5 Å². The fraction of sp³-hybridized carbons (Fsp3) is 0.0476. The second kappa shape index (κ2) is 9.21. The molecule has 6 heteroatoms. The highest BCUT2D eigenvalue weighted by atomic mass is 35.5. The Kier molecular flexibility index (Phi) is 6.47. The van der Waals surface area contributed by atoms with E-state index in [0.29, 0.717) is 28.0 Å². The van der Waals surface area contributed by atoms with E-state index in [-0.39, 0.29) is 5.91 Å². The zero-order valence-corrected chi connectivity index (χ0v) is 15.7. The Labute approximate surface area is 167 Å². The lowest BCUT2D eigenvalue weighted by Gasteiger charge is -2.07. The lowest BCUT2D eigenvalue weighted by atomic mass is 10.2. The van der Waals surface area contributed by atoms with E-state index in [4.69, 9.17) is 27.9 Å². The topological polar surface area (TPSA) is 50.7 Å². The molecule has 27 heavy (non-hydrogen) atoms. The van der Waals surface area contributed by atoms with Crippen molar-refractivity contribution in [2.75, 3.05) is 0 Å². The molecule has 3 aromatic carbocycles. The van der Waals surface area contributed by atoms with Crippen molar-refractivity contribution in [3.8, 4) is 5.75 Å². The largest absolute Gasteiger partial charge is 0.489 e. The molecule has 0 saturated heterocycles. The number of carbonyl (C=O) groups is 1. The first-order valence-electron chi connectivity index (χ1n) is 8.16. The van der Waals surface area contributed by atoms with Crippen molar-refractivity contribution >= 4 is 35.3 Å². The molecular formula is C21H16Cl2N2O2. The van der Waals surface area contributed by atoms with Crippen LogP contribution >= 0.6 is 23.2 Å². The van der Waals surface area contributed by atoms with Crippen LogP contribution in [-0.4, -0.2) is 12.1 Å². The number of hydrogen-bond donors (Lipinski definition) is 1. The first-order chi connectivity index (χ1) is 13.1. The van der Waals surface area contributed by atoms with Crippen LogP contribution in [0.15, 0.2) is 77.9 Å². The minimum Gasteiger partial charge on any atom is -0.489 e. The van der Waals surface area contributed by atoms with Gasteiger partial charge in [0.05, 0.1) is 6.21 Å². The smallest absolute Gasteiger partial charge is 0.271 e. The molecule has 1 N–H and O–H groups in total. The molecule has 0 saturated carbocycles. The summed E-state index contributed by atoms with van der Waals surface area (Å²) in [7, 11) is 0. The van der Waals surface area contributed by atoms with E-state index in [9.17, 15) is 4.79 Å². The molecule has 136 valence electrons. The van der Waals surface area contributed by atoms with Gasteiger partial charge < -0.3 is 4.74 Å². The van der Waals surface area contributed by atoms with Gasteiger partial charge in [0.25, 0.3) is 5.91 Å². The van der Waals surface area contributed by atoms with Gasteiger partial charge in [0.15, 0.2) is 0 Å². The predicted molar refractivity (Wildman–Crippen MR) is 109 cm³/mol. The van der Waals surface area contributed by atoms with Crippen LogP contribution in [-0.2, 0) is 6.61 Å². The lowest BCUT2D eigenvalue weighted by molar-refractivity contribution is 0.0955. The molecule has 0 aromatic heterocycles. The maximum absolute atomic E-state index is 12.0. The maximum Gasteiger partial charge on any atom is 0.271 e. The zero-order chi connectivity index (χ0) is 19.1. The second-order valence-corrected chi connectivity index (χ2v) is 6.57. The summed E-state index contributed by atoms with van der Waals surface area (Å²) in [6.07, 6.45) is 1.55. The molecule has 0 aliphatic rings. The van der Waals surface area contributed by atoms with Crippen molar-refractivity contribution in [2.24, 2.45) is 5.10 Å². The Morgan fingerprint density at radius 1 is 0.963 bits per heavy atom. The molecule has 0 fully saturated rings. The third kappa shape index (κ3) is 5.84. The summed E-state index contributed by atoms with van der Waals surface area (Å²) in [5.41, 5.74) is 4.74.